The van der Waals surface area contributed by atoms with E-state index in [1.807, 2.05) is 37.3 Å². The first-order valence-corrected chi connectivity index (χ1v) is 8.60. The van der Waals surface area contributed by atoms with Crippen LogP contribution in [0.1, 0.15) is 26.6 Å². The molecule has 2 heterocycles. The summed E-state index contributed by atoms with van der Waals surface area (Å²) in [4.78, 5) is 22.8. The Morgan fingerprint density at radius 2 is 1.96 bits per heavy atom. The number of benzene rings is 1. The highest BCUT2D eigenvalue weighted by atomic mass is 32.1. The highest BCUT2D eigenvalue weighted by Crippen LogP contribution is 2.35. The van der Waals surface area contributed by atoms with Crippen LogP contribution < -0.4 is 10.1 Å². The monoisotopic (exact) mass is 357 g/mol. The van der Waals surface area contributed by atoms with Crippen LogP contribution in [0.25, 0.3) is 10.2 Å². The van der Waals surface area contributed by atoms with E-state index in [-0.39, 0.29) is 5.91 Å². The fraction of sp³-hybridized carbons (Fsp3) is 0.278. The van der Waals surface area contributed by atoms with Crippen molar-refractivity contribution in [3.05, 3.63) is 52.2 Å². The fourth-order valence-electron chi connectivity index (χ4n) is 2.56. The number of hydrogen-bond acceptors (Lipinski definition) is 6. The van der Waals surface area contributed by atoms with Crippen LogP contribution in [0.4, 0.5) is 0 Å². The van der Waals surface area contributed by atoms with Crippen LogP contribution >= 0.6 is 11.3 Å². The molecule has 0 bridgehead atoms. The van der Waals surface area contributed by atoms with Crippen molar-refractivity contribution in [2.75, 3.05) is 14.2 Å². The predicted octanol–water partition coefficient (Wildman–Crippen LogP) is 3.08. The summed E-state index contributed by atoms with van der Waals surface area (Å²) in [6, 6.07) is 9.80. The number of carbonyl (C=O) groups is 1. The highest BCUT2D eigenvalue weighted by Gasteiger charge is 2.21. The maximum Gasteiger partial charge on any atom is 0.261 e. The molecule has 0 unspecified atom stereocenters. The molecule has 0 saturated heterocycles. The van der Waals surface area contributed by atoms with Crippen LogP contribution in [0.5, 0.6) is 5.88 Å². The summed E-state index contributed by atoms with van der Waals surface area (Å²) in [5.41, 5.74) is 1.88. The van der Waals surface area contributed by atoms with Crippen LogP contribution in [0.3, 0.4) is 0 Å². The van der Waals surface area contributed by atoms with E-state index in [0.717, 1.165) is 21.3 Å². The SMILES string of the molecule is COCc1nc(OC)c2c(C)c(C(=O)NCc3ccccc3)sc2n1. The Kier molecular flexibility index (Phi) is 5.25. The van der Waals surface area contributed by atoms with E-state index < -0.39 is 0 Å². The third-order valence-electron chi connectivity index (χ3n) is 3.77. The fourth-order valence-corrected chi connectivity index (χ4v) is 3.67. The van der Waals surface area contributed by atoms with Gasteiger partial charge in [-0.25, -0.2) is 4.98 Å². The van der Waals surface area contributed by atoms with Gasteiger partial charge in [0.2, 0.25) is 5.88 Å². The number of nitrogens with zero attached hydrogens (tertiary/aromatic N) is 2. The van der Waals surface area contributed by atoms with Crippen LogP contribution in [-0.2, 0) is 17.9 Å². The Morgan fingerprint density at radius 3 is 2.64 bits per heavy atom. The number of rotatable bonds is 6. The number of amides is 1. The average molecular weight is 357 g/mol. The van der Waals surface area contributed by atoms with Gasteiger partial charge in [0, 0.05) is 13.7 Å². The van der Waals surface area contributed by atoms with Gasteiger partial charge in [-0.3, -0.25) is 4.79 Å². The molecule has 2 aromatic heterocycles. The van der Waals surface area contributed by atoms with E-state index in [2.05, 4.69) is 15.3 Å². The Labute approximate surface area is 149 Å². The number of thiophene rings is 1. The number of aryl methyl sites for hydroxylation is 1. The minimum absolute atomic E-state index is 0.125. The zero-order chi connectivity index (χ0) is 17.8. The Balaban J connectivity index is 1.90. The molecule has 0 aliphatic heterocycles. The number of hydrogen-bond donors (Lipinski definition) is 1. The van der Waals surface area contributed by atoms with Crippen molar-refractivity contribution in [1.29, 1.82) is 0 Å². The predicted molar refractivity (Wildman–Crippen MR) is 97.0 cm³/mol. The van der Waals surface area contributed by atoms with Gasteiger partial charge in [-0.1, -0.05) is 30.3 Å². The molecule has 0 aliphatic rings. The normalized spacial score (nSPS) is 10.8. The molecule has 7 heteroatoms. The number of methoxy groups -OCH3 is 2. The molecule has 0 atom stereocenters. The summed E-state index contributed by atoms with van der Waals surface area (Å²) in [6.45, 7) is 2.65. The van der Waals surface area contributed by atoms with E-state index in [1.54, 1.807) is 14.2 Å². The molecule has 3 rings (SSSR count). The van der Waals surface area contributed by atoms with Crippen molar-refractivity contribution in [2.24, 2.45) is 0 Å². The van der Waals surface area contributed by atoms with Crippen molar-refractivity contribution < 1.29 is 14.3 Å². The second-order valence-electron chi connectivity index (χ2n) is 5.49. The summed E-state index contributed by atoms with van der Waals surface area (Å²) in [5.74, 6) is 0.872. The molecule has 1 N–H and O–H groups in total. The third kappa shape index (κ3) is 3.62. The van der Waals surface area contributed by atoms with Crippen LogP contribution in [0.15, 0.2) is 30.3 Å². The van der Waals surface area contributed by atoms with Gasteiger partial charge in [-0.15, -0.1) is 11.3 Å². The molecule has 0 aliphatic carbocycles. The molecular weight excluding hydrogens is 338 g/mol. The van der Waals surface area contributed by atoms with Gasteiger partial charge in [-0.2, -0.15) is 4.98 Å². The first-order chi connectivity index (χ1) is 12.1. The van der Waals surface area contributed by atoms with E-state index in [9.17, 15) is 4.79 Å². The van der Waals surface area contributed by atoms with Gasteiger partial charge in [-0.05, 0) is 18.1 Å². The molecular formula is C18H19N3O3S. The van der Waals surface area contributed by atoms with Gasteiger partial charge in [0.15, 0.2) is 5.82 Å². The molecule has 0 radical (unpaired) electrons. The molecule has 0 saturated carbocycles. The number of fused-ring (bicyclic) bond motifs is 1. The molecule has 0 fully saturated rings. The van der Waals surface area contributed by atoms with E-state index in [4.69, 9.17) is 9.47 Å². The molecule has 130 valence electrons. The molecule has 0 spiro atoms. The second kappa shape index (κ2) is 7.58. The Hall–Kier alpha value is -2.51. The number of nitrogens with one attached hydrogen (secondary N) is 1. The maximum atomic E-state index is 12.6. The lowest BCUT2D eigenvalue weighted by Crippen LogP contribution is -2.22. The average Bonchev–Trinajstić information content (AvgIpc) is 2.97. The van der Waals surface area contributed by atoms with E-state index >= 15 is 0 Å². The zero-order valence-corrected chi connectivity index (χ0v) is 15.1. The lowest BCUT2D eigenvalue weighted by molar-refractivity contribution is 0.0954. The maximum absolute atomic E-state index is 12.6. The first kappa shape index (κ1) is 17.3. The van der Waals surface area contributed by atoms with Crippen LogP contribution in [0.2, 0.25) is 0 Å². The molecule has 6 nitrogen and oxygen atoms in total. The van der Waals surface area contributed by atoms with E-state index in [0.29, 0.717) is 29.7 Å². The van der Waals surface area contributed by atoms with Crippen molar-refractivity contribution in [2.45, 2.75) is 20.1 Å². The summed E-state index contributed by atoms with van der Waals surface area (Å²) >= 11 is 1.34. The number of aromatic nitrogens is 2. The van der Waals surface area contributed by atoms with Crippen molar-refractivity contribution in [1.82, 2.24) is 15.3 Å². The van der Waals surface area contributed by atoms with Crippen LogP contribution in [0, 0.1) is 6.92 Å². The Morgan fingerprint density at radius 1 is 1.20 bits per heavy atom. The van der Waals surface area contributed by atoms with Gasteiger partial charge in [0.1, 0.15) is 11.4 Å². The zero-order valence-electron chi connectivity index (χ0n) is 14.3. The Bertz CT molecular complexity index is 893. The molecule has 1 aromatic carbocycles. The minimum Gasteiger partial charge on any atom is -0.480 e. The lowest BCUT2D eigenvalue weighted by Gasteiger charge is -2.05. The quantitative estimate of drug-likeness (QED) is 0.734. The third-order valence-corrected chi connectivity index (χ3v) is 4.96. The van der Waals surface area contributed by atoms with Gasteiger partial charge in [0.25, 0.3) is 5.91 Å². The van der Waals surface area contributed by atoms with Crippen molar-refractivity contribution in [3.63, 3.8) is 0 Å². The molecule has 1 amide bonds. The lowest BCUT2D eigenvalue weighted by atomic mass is 10.2. The summed E-state index contributed by atoms with van der Waals surface area (Å²) < 4.78 is 10.5. The standard InChI is InChI=1S/C18H19N3O3S/c1-11-14-17(24-3)20-13(10-23-2)21-18(14)25-15(11)16(22)19-9-12-7-5-4-6-8-12/h4-8H,9-10H2,1-3H3,(H,19,22). The van der Waals surface area contributed by atoms with Gasteiger partial charge in [0.05, 0.1) is 17.4 Å². The molecule has 3 aromatic rings. The van der Waals surface area contributed by atoms with Gasteiger partial charge < -0.3 is 14.8 Å². The second-order valence-corrected chi connectivity index (χ2v) is 6.49. The van der Waals surface area contributed by atoms with Gasteiger partial charge >= 0.3 is 0 Å². The summed E-state index contributed by atoms with van der Waals surface area (Å²) in [6.07, 6.45) is 0. The summed E-state index contributed by atoms with van der Waals surface area (Å²) in [7, 11) is 3.15. The van der Waals surface area contributed by atoms with E-state index in [1.165, 1.54) is 11.3 Å². The number of carbonyl (C=O) groups excluding carboxylic acids is 1. The van der Waals surface area contributed by atoms with Crippen LogP contribution in [-0.4, -0.2) is 30.1 Å². The largest absolute Gasteiger partial charge is 0.480 e. The topological polar surface area (TPSA) is 73.3 Å². The number of ether oxygens (including phenoxy) is 2. The smallest absolute Gasteiger partial charge is 0.261 e. The first-order valence-electron chi connectivity index (χ1n) is 7.79. The highest BCUT2D eigenvalue weighted by molar-refractivity contribution is 7.20. The van der Waals surface area contributed by atoms with Crippen molar-refractivity contribution >= 4 is 27.5 Å². The van der Waals surface area contributed by atoms with Crippen molar-refractivity contribution in [3.8, 4) is 5.88 Å². The molecule has 25 heavy (non-hydrogen) atoms. The minimum atomic E-state index is -0.125. The summed E-state index contributed by atoms with van der Waals surface area (Å²) in [5, 5.41) is 3.73.